The van der Waals surface area contributed by atoms with E-state index in [1.807, 2.05) is 0 Å². The van der Waals surface area contributed by atoms with Crippen molar-refractivity contribution in [3.05, 3.63) is 35.7 Å². The van der Waals surface area contributed by atoms with Gasteiger partial charge < -0.3 is 4.74 Å². The fourth-order valence-corrected chi connectivity index (χ4v) is 2.08. The van der Waals surface area contributed by atoms with Crippen molar-refractivity contribution in [1.29, 1.82) is 0 Å². The van der Waals surface area contributed by atoms with Gasteiger partial charge in [-0.1, -0.05) is 12.1 Å². The Kier molecular flexibility index (Phi) is 4.03. The van der Waals surface area contributed by atoms with Crippen LogP contribution < -0.4 is 0 Å². The predicted molar refractivity (Wildman–Crippen MR) is 66.3 cm³/mol. The summed E-state index contributed by atoms with van der Waals surface area (Å²) in [6.45, 7) is 1.86. The number of carbonyl (C=O) groups is 1. The van der Waals surface area contributed by atoms with E-state index in [9.17, 15) is 18.0 Å². The van der Waals surface area contributed by atoms with Gasteiger partial charge in [-0.05, 0) is 30.6 Å². The van der Waals surface area contributed by atoms with Crippen molar-refractivity contribution < 1.29 is 22.7 Å². The summed E-state index contributed by atoms with van der Waals surface area (Å²) in [7, 11) is 0. The molecule has 0 unspecified atom stereocenters. The van der Waals surface area contributed by atoms with Crippen molar-refractivity contribution >= 4 is 17.5 Å². The number of halogens is 3. The molecule has 0 aliphatic carbocycles. The van der Waals surface area contributed by atoms with E-state index >= 15 is 0 Å². The Morgan fingerprint density at radius 1 is 1.30 bits per heavy atom. The van der Waals surface area contributed by atoms with E-state index in [4.69, 9.17) is 4.74 Å². The summed E-state index contributed by atoms with van der Waals surface area (Å²) in [5, 5.41) is 0.363. The first kappa shape index (κ1) is 14.4. The molecule has 0 N–H and O–H groups in total. The number of esters is 1. The van der Waals surface area contributed by atoms with Crippen LogP contribution in [0.5, 0.6) is 0 Å². The molecule has 2 rings (SSSR count). The van der Waals surface area contributed by atoms with Gasteiger partial charge in [-0.15, -0.1) is 0 Å². The zero-order chi connectivity index (χ0) is 14.8. The van der Waals surface area contributed by atoms with Crippen LogP contribution in [-0.2, 0) is 10.9 Å². The number of aromatic nitrogens is 2. The van der Waals surface area contributed by atoms with Crippen LogP contribution in [0.2, 0.25) is 0 Å². The summed E-state index contributed by atoms with van der Waals surface area (Å²) >= 11 is 0.927. The lowest BCUT2D eigenvalue weighted by molar-refractivity contribution is -0.137. The molecule has 0 aliphatic rings. The van der Waals surface area contributed by atoms with Gasteiger partial charge in [0.05, 0.1) is 12.2 Å². The molecule has 0 amide bonds. The van der Waals surface area contributed by atoms with Gasteiger partial charge in [0.1, 0.15) is 5.01 Å². The number of ether oxygens (including phenoxy) is 1. The Morgan fingerprint density at radius 2 is 1.95 bits per heavy atom. The van der Waals surface area contributed by atoms with Crippen LogP contribution in [0, 0.1) is 0 Å². The fraction of sp³-hybridized carbons (Fsp3) is 0.250. The third-order valence-electron chi connectivity index (χ3n) is 2.34. The van der Waals surface area contributed by atoms with Crippen LogP contribution in [0.15, 0.2) is 24.3 Å². The number of benzene rings is 1. The minimum Gasteiger partial charge on any atom is -0.460 e. The van der Waals surface area contributed by atoms with Gasteiger partial charge in [0, 0.05) is 5.56 Å². The van der Waals surface area contributed by atoms with Gasteiger partial charge in [-0.2, -0.15) is 17.5 Å². The summed E-state index contributed by atoms with van der Waals surface area (Å²) in [4.78, 5) is 15.3. The summed E-state index contributed by atoms with van der Waals surface area (Å²) < 4.78 is 45.8. The third kappa shape index (κ3) is 3.13. The Hall–Kier alpha value is -1.96. The zero-order valence-electron chi connectivity index (χ0n) is 10.3. The third-order valence-corrected chi connectivity index (χ3v) is 3.11. The van der Waals surface area contributed by atoms with Crippen LogP contribution in [-0.4, -0.2) is 21.9 Å². The SMILES string of the molecule is CCOC(=O)c1nsc(-c2ccc(C(F)(F)F)cc2)n1. The van der Waals surface area contributed by atoms with Crippen molar-refractivity contribution in [2.24, 2.45) is 0 Å². The molecular weight excluding hydrogens is 293 g/mol. The molecule has 0 aliphatic heterocycles. The highest BCUT2D eigenvalue weighted by molar-refractivity contribution is 7.09. The molecule has 0 atom stereocenters. The number of alkyl halides is 3. The quantitative estimate of drug-likeness (QED) is 0.815. The van der Waals surface area contributed by atoms with E-state index in [0.29, 0.717) is 10.6 Å². The molecule has 8 heteroatoms. The van der Waals surface area contributed by atoms with E-state index in [1.165, 1.54) is 12.1 Å². The Morgan fingerprint density at radius 3 is 2.50 bits per heavy atom. The van der Waals surface area contributed by atoms with Crippen LogP contribution in [0.1, 0.15) is 23.1 Å². The monoisotopic (exact) mass is 302 g/mol. The van der Waals surface area contributed by atoms with Gasteiger partial charge in [-0.3, -0.25) is 0 Å². The fourth-order valence-electron chi connectivity index (χ4n) is 1.42. The molecule has 1 aromatic carbocycles. The highest BCUT2D eigenvalue weighted by atomic mass is 32.1. The lowest BCUT2D eigenvalue weighted by Gasteiger charge is -2.06. The van der Waals surface area contributed by atoms with Crippen molar-refractivity contribution in [2.45, 2.75) is 13.1 Å². The van der Waals surface area contributed by atoms with Crippen molar-refractivity contribution in [3.8, 4) is 10.6 Å². The number of hydrogen-bond acceptors (Lipinski definition) is 5. The summed E-state index contributed by atoms with van der Waals surface area (Å²) in [6, 6.07) is 4.50. The highest BCUT2D eigenvalue weighted by Crippen LogP contribution is 2.31. The van der Waals surface area contributed by atoms with Crippen LogP contribution in [0.4, 0.5) is 13.2 Å². The van der Waals surface area contributed by atoms with Crippen LogP contribution >= 0.6 is 11.5 Å². The Labute approximate surface area is 116 Å². The second kappa shape index (κ2) is 5.58. The molecule has 4 nitrogen and oxygen atoms in total. The summed E-state index contributed by atoms with van der Waals surface area (Å²) in [5.41, 5.74) is -0.276. The maximum Gasteiger partial charge on any atom is 0.416 e. The average Bonchev–Trinajstić information content (AvgIpc) is 2.88. The Balaban J connectivity index is 2.22. The van der Waals surface area contributed by atoms with E-state index in [-0.39, 0.29) is 12.4 Å². The van der Waals surface area contributed by atoms with E-state index in [2.05, 4.69) is 9.36 Å². The van der Waals surface area contributed by atoms with Gasteiger partial charge in [-0.25, -0.2) is 9.78 Å². The zero-order valence-corrected chi connectivity index (χ0v) is 11.1. The second-order valence-electron chi connectivity index (χ2n) is 3.72. The van der Waals surface area contributed by atoms with Crippen molar-refractivity contribution in [3.63, 3.8) is 0 Å². The lowest BCUT2D eigenvalue weighted by atomic mass is 10.1. The normalized spacial score (nSPS) is 11.4. The predicted octanol–water partition coefficient (Wildman–Crippen LogP) is 3.40. The highest BCUT2D eigenvalue weighted by Gasteiger charge is 2.30. The summed E-state index contributed by atoms with van der Waals surface area (Å²) in [5.74, 6) is -0.742. The van der Waals surface area contributed by atoms with Gasteiger partial charge in [0.25, 0.3) is 5.82 Å². The van der Waals surface area contributed by atoms with Crippen LogP contribution in [0.25, 0.3) is 10.6 Å². The number of carbonyl (C=O) groups excluding carboxylic acids is 1. The maximum atomic E-state index is 12.4. The van der Waals surface area contributed by atoms with Gasteiger partial charge >= 0.3 is 12.1 Å². The Bertz CT molecular complexity index is 608. The van der Waals surface area contributed by atoms with Crippen molar-refractivity contribution in [1.82, 2.24) is 9.36 Å². The number of hydrogen-bond donors (Lipinski definition) is 0. The van der Waals surface area contributed by atoms with E-state index in [0.717, 1.165) is 23.7 Å². The standard InChI is InChI=1S/C12H9F3N2O2S/c1-2-19-11(18)9-16-10(20-17-9)7-3-5-8(6-4-7)12(13,14)15/h3-6H,2H2,1H3. The minimum atomic E-state index is -4.38. The molecule has 1 aromatic heterocycles. The maximum absolute atomic E-state index is 12.4. The largest absolute Gasteiger partial charge is 0.460 e. The molecule has 1 heterocycles. The topological polar surface area (TPSA) is 52.1 Å². The first-order valence-corrected chi connectivity index (χ1v) is 6.37. The van der Waals surface area contributed by atoms with Gasteiger partial charge in [0.2, 0.25) is 0 Å². The second-order valence-corrected chi connectivity index (χ2v) is 4.47. The minimum absolute atomic E-state index is 0.0910. The molecule has 0 saturated carbocycles. The van der Waals surface area contributed by atoms with Crippen LogP contribution in [0.3, 0.4) is 0 Å². The molecule has 106 valence electrons. The summed E-state index contributed by atoms with van der Waals surface area (Å²) in [6.07, 6.45) is -4.38. The molecule has 0 fully saturated rings. The molecule has 20 heavy (non-hydrogen) atoms. The average molecular weight is 302 g/mol. The molecule has 0 saturated heterocycles. The smallest absolute Gasteiger partial charge is 0.416 e. The van der Waals surface area contributed by atoms with Gasteiger partial charge in [0.15, 0.2) is 0 Å². The molecule has 2 aromatic rings. The van der Waals surface area contributed by atoms with Crippen molar-refractivity contribution in [2.75, 3.05) is 6.61 Å². The number of rotatable bonds is 3. The molecule has 0 bridgehead atoms. The van der Waals surface area contributed by atoms with E-state index in [1.54, 1.807) is 6.92 Å². The first-order valence-electron chi connectivity index (χ1n) is 5.60. The molecule has 0 spiro atoms. The van der Waals surface area contributed by atoms with E-state index < -0.39 is 17.7 Å². The molecular formula is C12H9F3N2O2S. The lowest BCUT2D eigenvalue weighted by Crippen LogP contribution is -2.06. The molecule has 0 radical (unpaired) electrons. The number of nitrogens with zero attached hydrogens (tertiary/aromatic N) is 2. The first-order chi connectivity index (χ1) is 9.41.